The van der Waals surface area contributed by atoms with Gasteiger partial charge < -0.3 is 19.3 Å². The highest BCUT2D eigenvalue weighted by atomic mass is 35.5. The zero-order chi connectivity index (χ0) is 25.1. The Morgan fingerprint density at radius 1 is 0.971 bits per heavy atom. The van der Waals surface area contributed by atoms with Gasteiger partial charge in [-0.2, -0.15) is 0 Å². The van der Waals surface area contributed by atoms with E-state index in [4.69, 9.17) is 25.8 Å². The van der Waals surface area contributed by atoms with Crippen molar-refractivity contribution < 1.29 is 28.9 Å². The number of hydrogen-bond donors (Lipinski definition) is 1. The fourth-order valence-corrected chi connectivity index (χ4v) is 4.28. The predicted octanol–water partition coefficient (Wildman–Crippen LogP) is 5.38. The molecule has 1 aliphatic rings. The molecule has 3 aromatic rings. The van der Waals surface area contributed by atoms with Gasteiger partial charge >= 0.3 is 0 Å². The third kappa shape index (κ3) is 4.55. The van der Waals surface area contributed by atoms with E-state index in [1.807, 2.05) is 6.92 Å². The second-order valence-corrected chi connectivity index (χ2v) is 8.16. The van der Waals surface area contributed by atoms with Crippen molar-refractivity contribution in [3.8, 4) is 17.2 Å². The number of carbonyl (C=O) groups excluding carboxylic acids is 2. The summed E-state index contributed by atoms with van der Waals surface area (Å²) >= 11 is 6.20. The number of Topliss-reactive ketones (excluding diaryl/α,β-unsaturated/α-hetero) is 1. The lowest BCUT2D eigenvalue weighted by Crippen LogP contribution is -2.29. The highest BCUT2D eigenvalue weighted by Crippen LogP contribution is 2.44. The summed E-state index contributed by atoms with van der Waals surface area (Å²) in [4.78, 5) is 28.0. The molecule has 0 radical (unpaired) electrons. The molecule has 0 aliphatic carbocycles. The largest absolute Gasteiger partial charge is 0.507 e. The molecule has 7 nitrogen and oxygen atoms in total. The van der Waals surface area contributed by atoms with Gasteiger partial charge in [-0.1, -0.05) is 35.9 Å². The van der Waals surface area contributed by atoms with E-state index in [9.17, 15) is 14.7 Å². The highest BCUT2D eigenvalue weighted by molar-refractivity contribution is 6.51. The van der Waals surface area contributed by atoms with Gasteiger partial charge in [-0.25, -0.2) is 0 Å². The number of carbonyl (C=O) groups is 2. The topological polar surface area (TPSA) is 85.3 Å². The summed E-state index contributed by atoms with van der Waals surface area (Å²) in [5.74, 6) is -0.462. The SMILES string of the molecule is CCOc1cc(C2/C(=C(/O)c3cccc(OC)c3)C(=O)C(=O)N2c2cccc(Cl)c2)ccc1OC. The van der Waals surface area contributed by atoms with Crippen molar-refractivity contribution in [3.63, 3.8) is 0 Å². The summed E-state index contributed by atoms with van der Waals surface area (Å²) in [6.07, 6.45) is 0. The van der Waals surface area contributed by atoms with E-state index in [1.54, 1.807) is 66.7 Å². The Balaban J connectivity index is 1.97. The van der Waals surface area contributed by atoms with Gasteiger partial charge in [0, 0.05) is 16.3 Å². The normalized spacial score (nSPS) is 16.9. The lowest BCUT2D eigenvalue weighted by Gasteiger charge is -2.26. The molecule has 180 valence electrons. The summed E-state index contributed by atoms with van der Waals surface area (Å²) in [5, 5.41) is 11.7. The van der Waals surface area contributed by atoms with Crippen LogP contribution in [0.2, 0.25) is 5.02 Å². The number of aliphatic hydroxyl groups is 1. The van der Waals surface area contributed by atoms with E-state index in [2.05, 4.69) is 0 Å². The van der Waals surface area contributed by atoms with Crippen molar-refractivity contribution in [1.29, 1.82) is 0 Å². The molecule has 1 aliphatic heterocycles. The van der Waals surface area contributed by atoms with E-state index in [-0.39, 0.29) is 11.3 Å². The minimum atomic E-state index is -0.940. The number of nitrogens with zero attached hydrogens (tertiary/aromatic N) is 1. The maximum Gasteiger partial charge on any atom is 0.300 e. The van der Waals surface area contributed by atoms with Crippen LogP contribution in [0.15, 0.2) is 72.3 Å². The number of benzene rings is 3. The molecule has 0 bridgehead atoms. The first kappa shape index (κ1) is 24.2. The Morgan fingerprint density at radius 2 is 1.74 bits per heavy atom. The molecular weight excluding hydrogens is 470 g/mol. The molecule has 8 heteroatoms. The van der Waals surface area contributed by atoms with Crippen molar-refractivity contribution >= 4 is 34.7 Å². The van der Waals surface area contributed by atoms with E-state index in [1.165, 1.54) is 19.1 Å². The Kier molecular flexibility index (Phi) is 6.98. The maximum absolute atomic E-state index is 13.3. The second kappa shape index (κ2) is 10.1. The van der Waals surface area contributed by atoms with Gasteiger partial charge in [0.2, 0.25) is 0 Å². The van der Waals surface area contributed by atoms with Crippen molar-refractivity contribution in [2.45, 2.75) is 13.0 Å². The third-order valence-corrected chi connectivity index (χ3v) is 5.91. The van der Waals surface area contributed by atoms with Gasteiger partial charge in [-0.3, -0.25) is 14.5 Å². The fraction of sp³-hybridized carbons (Fsp3) is 0.185. The van der Waals surface area contributed by atoms with Gasteiger partial charge in [0.15, 0.2) is 11.5 Å². The predicted molar refractivity (Wildman–Crippen MR) is 133 cm³/mol. The number of methoxy groups -OCH3 is 2. The Bertz CT molecular complexity index is 1320. The second-order valence-electron chi connectivity index (χ2n) is 7.72. The van der Waals surface area contributed by atoms with Crippen LogP contribution < -0.4 is 19.1 Å². The molecule has 1 saturated heterocycles. The van der Waals surface area contributed by atoms with E-state index in [0.29, 0.717) is 45.7 Å². The third-order valence-electron chi connectivity index (χ3n) is 5.68. The number of rotatable bonds is 7. The fourth-order valence-electron chi connectivity index (χ4n) is 4.10. The van der Waals surface area contributed by atoms with E-state index in [0.717, 1.165) is 0 Å². The van der Waals surface area contributed by atoms with Crippen molar-refractivity contribution in [2.75, 3.05) is 25.7 Å². The summed E-state index contributed by atoms with van der Waals surface area (Å²) in [7, 11) is 3.03. The number of halogens is 1. The number of anilines is 1. The molecule has 0 aromatic heterocycles. The minimum Gasteiger partial charge on any atom is -0.507 e. The first-order chi connectivity index (χ1) is 16.9. The molecule has 0 saturated carbocycles. The van der Waals surface area contributed by atoms with E-state index >= 15 is 0 Å². The van der Waals surface area contributed by atoms with Crippen LogP contribution in [-0.2, 0) is 9.59 Å². The average Bonchev–Trinajstić information content (AvgIpc) is 3.14. The number of amides is 1. The lowest BCUT2D eigenvalue weighted by molar-refractivity contribution is -0.132. The van der Waals surface area contributed by atoms with Crippen LogP contribution in [0.1, 0.15) is 24.1 Å². The van der Waals surface area contributed by atoms with Gasteiger partial charge in [-0.05, 0) is 55.0 Å². The van der Waals surface area contributed by atoms with Crippen LogP contribution in [0.25, 0.3) is 5.76 Å². The molecule has 4 rings (SSSR count). The molecule has 1 heterocycles. The standard InChI is InChI=1S/C27H24ClNO6/c1-4-35-22-14-16(11-12-21(22)34-3)24-23(25(30)17-7-5-10-20(13-17)33-2)26(31)27(32)29(24)19-9-6-8-18(28)15-19/h5-15,24,30H,4H2,1-3H3/b25-23-. The molecule has 1 unspecified atom stereocenters. The summed E-state index contributed by atoms with van der Waals surface area (Å²) < 4.78 is 16.4. The zero-order valence-corrected chi connectivity index (χ0v) is 20.2. The van der Waals surface area contributed by atoms with Crippen LogP contribution in [0.5, 0.6) is 17.2 Å². The van der Waals surface area contributed by atoms with Crippen molar-refractivity contribution in [3.05, 3.63) is 88.5 Å². The molecule has 1 N–H and O–H groups in total. The van der Waals surface area contributed by atoms with Crippen LogP contribution in [0, 0.1) is 0 Å². The highest BCUT2D eigenvalue weighted by Gasteiger charge is 2.47. The number of aliphatic hydroxyl groups excluding tert-OH is 1. The van der Waals surface area contributed by atoms with Crippen LogP contribution >= 0.6 is 11.6 Å². The van der Waals surface area contributed by atoms with Gasteiger partial charge in [0.05, 0.1) is 32.4 Å². The molecule has 35 heavy (non-hydrogen) atoms. The molecule has 1 amide bonds. The molecule has 1 fully saturated rings. The van der Waals surface area contributed by atoms with Crippen molar-refractivity contribution in [2.24, 2.45) is 0 Å². The first-order valence-corrected chi connectivity index (χ1v) is 11.3. The molecular formula is C27H24ClNO6. The summed E-state index contributed by atoms with van der Waals surface area (Å²) in [6.45, 7) is 2.23. The summed E-state index contributed by atoms with van der Waals surface area (Å²) in [5.41, 5.74) is 1.26. The quantitative estimate of drug-likeness (QED) is 0.270. The first-order valence-electron chi connectivity index (χ1n) is 10.9. The Labute approximate surface area is 208 Å². The van der Waals surface area contributed by atoms with Gasteiger partial charge in [-0.15, -0.1) is 0 Å². The smallest absolute Gasteiger partial charge is 0.300 e. The Morgan fingerprint density at radius 3 is 2.43 bits per heavy atom. The van der Waals surface area contributed by atoms with Gasteiger partial charge in [0.1, 0.15) is 11.5 Å². The molecule has 3 aromatic carbocycles. The monoisotopic (exact) mass is 493 g/mol. The minimum absolute atomic E-state index is 0.0594. The maximum atomic E-state index is 13.3. The average molecular weight is 494 g/mol. The number of ketones is 1. The lowest BCUT2D eigenvalue weighted by atomic mass is 9.94. The number of hydrogen-bond acceptors (Lipinski definition) is 6. The summed E-state index contributed by atoms with van der Waals surface area (Å²) in [6, 6.07) is 17.5. The molecule has 0 spiro atoms. The number of ether oxygens (including phenoxy) is 3. The van der Waals surface area contributed by atoms with Crippen LogP contribution in [0.4, 0.5) is 5.69 Å². The van der Waals surface area contributed by atoms with Crippen LogP contribution in [-0.4, -0.2) is 37.6 Å². The molecule has 1 atom stereocenters. The van der Waals surface area contributed by atoms with E-state index < -0.39 is 17.7 Å². The zero-order valence-electron chi connectivity index (χ0n) is 19.4. The van der Waals surface area contributed by atoms with Crippen LogP contribution in [0.3, 0.4) is 0 Å². The Hall–Kier alpha value is -3.97. The van der Waals surface area contributed by atoms with Gasteiger partial charge in [0.25, 0.3) is 11.7 Å². The van der Waals surface area contributed by atoms with Crippen molar-refractivity contribution in [1.82, 2.24) is 0 Å².